The number of anilines is 3. The van der Waals surface area contributed by atoms with Crippen LogP contribution < -0.4 is 32.5 Å². The van der Waals surface area contributed by atoms with Crippen LogP contribution in [-0.4, -0.2) is 150 Å². The van der Waals surface area contributed by atoms with Crippen molar-refractivity contribution in [1.82, 2.24) is 63.7 Å². The van der Waals surface area contributed by atoms with Crippen molar-refractivity contribution in [3.63, 3.8) is 0 Å². The molecule has 5 aliphatic rings. The summed E-state index contributed by atoms with van der Waals surface area (Å²) in [6.45, 7) is 9.57. The summed E-state index contributed by atoms with van der Waals surface area (Å²) in [5, 5.41) is 6.49. The minimum Gasteiger partial charge on any atom is -0.353 e. The molecule has 0 spiro atoms. The van der Waals surface area contributed by atoms with E-state index in [1.807, 2.05) is 40.0 Å². The van der Waals surface area contributed by atoms with Gasteiger partial charge in [0, 0.05) is 81.1 Å². The Morgan fingerprint density at radius 3 is 1.71 bits per heavy atom. The van der Waals surface area contributed by atoms with Gasteiger partial charge < -0.3 is 30.2 Å². The van der Waals surface area contributed by atoms with Gasteiger partial charge in [-0.25, -0.2) is 61.8 Å². The molecular formula is C56H62ClF3N16O4. The SMILES string of the molecule is C=CC(=O)N1CCN(c2nc(=O)n(-c3c(C4CC4)nc(NCCN(C)C)nc3C3CC3)c3nc(-c4ccccc4F)c(F)cc23)[C@@H](C)C1.CN(C)CCNc1nc(C2CC2)c(-n2c(=O)[nH]c(=O)c3cc(F)c(Cl)nc32)c(C2CC2)n1. The van der Waals surface area contributed by atoms with Crippen LogP contribution in [0.2, 0.25) is 5.15 Å². The molecular weight excluding hydrogens is 1050 g/mol. The lowest BCUT2D eigenvalue weighted by molar-refractivity contribution is -0.126. The second-order valence-electron chi connectivity index (χ2n) is 21.9. The van der Waals surface area contributed by atoms with E-state index in [0.717, 1.165) is 93.3 Å². The highest BCUT2D eigenvalue weighted by Crippen LogP contribution is 2.50. The number of amides is 1. The Balaban J connectivity index is 0.000000183. The Labute approximate surface area is 463 Å². The molecule has 7 heterocycles. The molecule has 1 amide bonds. The number of nitrogens with one attached hydrogen (secondary N) is 3. The molecule has 1 aromatic carbocycles. The summed E-state index contributed by atoms with van der Waals surface area (Å²) < 4.78 is 48.0. The summed E-state index contributed by atoms with van der Waals surface area (Å²) >= 11 is 5.93. The van der Waals surface area contributed by atoms with Gasteiger partial charge in [0.25, 0.3) is 5.56 Å². The van der Waals surface area contributed by atoms with Gasteiger partial charge in [-0.2, -0.15) is 4.98 Å². The number of halogens is 4. The fraction of sp³-hybridized carbons (Fsp3) is 0.446. The van der Waals surface area contributed by atoms with E-state index in [1.54, 1.807) is 11.0 Å². The fourth-order valence-corrected chi connectivity index (χ4v) is 10.4. The number of fused-ring (bicyclic) bond motifs is 2. The van der Waals surface area contributed by atoms with Gasteiger partial charge in [0.05, 0.1) is 44.9 Å². The lowest BCUT2D eigenvalue weighted by Crippen LogP contribution is -2.54. The van der Waals surface area contributed by atoms with E-state index in [9.17, 15) is 23.6 Å². The molecule has 24 heteroatoms. The average Bonchev–Trinajstić information content (AvgIpc) is 4.38. The minimum absolute atomic E-state index is 0.00543. The number of benzene rings is 1. The molecule has 5 fully saturated rings. The molecule has 6 aromatic heterocycles. The van der Waals surface area contributed by atoms with Crippen molar-refractivity contribution >= 4 is 57.3 Å². The third-order valence-corrected chi connectivity index (χ3v) is 15.2. The summed E-state index contributed by atoms with van der Waals surface area (Å²) in [4.78, 5) is 95.0. The molecule has 20 nitrogen and oxygen atoms in total. The van der Waals surface area contributed by atoms with Crippen LogP contribution in [0, 0.1) is 17.5 Å². The van der Waals surface area contributed by atoms with E-state index in [2.05, 4.69) is 42.0 Å². The van der Waals surface area contributed by atoms with Crippen molar-refractivity contribution in [2.75, 3.05) is 89.5 Å². The monoisotopic (exact) mass is 1110 g/mol. The highest BCUT2D eigenvalue weighted by molar-refractivity contribution is 6.29. The van der Waals surface area contributed by atoms with Gasteiger partial charge in [-0.3, -0.25) is 14.6 Å². The first-order valence-corrected chi connectivity index (χ1v) is 27.5. The Bertz CT molecular complexity index is 3710. The van der Waals surface area contributed by atoms with Crippen LogP contribution in [0.4, 0.5) is 30.9 Å². The van der Waals surface area contributed by atoms with E-state index in [0.29, 0.717) is 61.4 Å². The predicted molar refractivity (Wildman–Crippen MR) is 300 cm³/mol. The molecule has 7 aromatic rings. The third-order valence-electron chi connectivity index (χ3n) is 15.0. The Hall–Kier alpha value is -7.63. The number of hydrogen-bond acceptors (Lipinski definition) is 16. The normalized spacial score (nSPS) is 17.3. The van der Waals surface area contributed by atoms with Crippen LogP contribution in [0.25, 0.3) is 44.7 Å². The molecule has 3 N–H and O–H groups in total. The number of aromatic amines is 1. The van der Waals surface area contributed by atoms with Gasteiger partial charge in [-0.15, -0.1) is 0 Å². The highest BCUT2D eigenvalue weighted by atomic mass is 35.5. The standard InChI is InChI=1S/C35H39F2N9O2.C21H23ClFN7O2/c1-5-27(47)44-16-17-45(20(2)19-44)32-24-18-26(37)30(23-8-6-7-9-25(23)36)39-33(24)46(35(48)42-32)31-28(21-10-11-21)40-34(38-14-15-43(3)4)41-29(31)22-12-13-22;1-29(2)8-7-24-20-25-14(10-3-4-10)16(15(26-20)11-5-6-11)30-18-12(19(31)28-21(30)32)9-13(23)17(22)27-18/h5-9,18,20-22H,1,10-17,19H2,2-4H3,(H,38,40,41);9-11H,3-8H2,1-2H3,(H,24,25,26)(H,28,31,32)/t20-;/m0./s1. The maximum Gasteiger partial charge on any atom is 0.355 e. The first kappa shape index (κ1) is 54.3. The van der Waals surface area contributed by atoms with E-state index in [4.69, 9.17) is 36.5 Å². The Kier molecular flexibility index (Phi) is 15.0. The van der Waals surface area contributed by atoms with Crippen molar-refractivity contribution in [3.05, 3.63) is 126 Å². The van der Waals surface area contributed by atoms with Crippen molar-refractivity contribution in [2.45, 2.75) is 88.0 Å². The molecule has 1 atom stereocenters. The molecule has 12 rings (SSSR count). The van der Waals surface area contributed by atoms with Gasteiger partial charge in [0.15, 0.2) is 22.3 Å². The zero-order valence-corrected chi connectivity index (χ0v) is 46.0. The number of hydrogen-bond donors (Lipinski definition) is 3. The van der Waals surface area contributed by atoms with Gasteiger partial charge in [0.2, 0.25) is 17.8 Å². The average molecular weight is 1120 g/mol. The Morgan fingerprint density at radius 1 is 0.700 bits per heavy atom. The van der Waals surface area contributed by atoms with Crippen molar-refractivity contribution < 1.29 is 18.0 Å². The van der Waals surface area contributed by atoms with Gasteiger partial charge in [-0.05, 0) is 117 Å². The number of pyridine rings is 2. The largest absolute Gasteiger partial charge is 0.355 e. The van der Waals surface area contributed by atoms with Crippen LogP contribution >= 0.6 is 11.6 Å². The van der Waals surface area contributed by atoms with Gasteiger partial charge in [0.1, 0.15) is 23.1 Å². The maximum absolute atomic E-state index is 16.1. The number of carbonyl (C=O) groups is 1. The molecule has 1 saturated heterocycles. The van der Waals surface area contributed by atoms with E-state index in [-0.39, 0.29) is 69.4 Å². The number of likely N-dealkylation sites (N-methyl/N-ethyl adjacent to an activating group) is 2. The second kappa shape index (κ2) is 22.1. The Morgan fingerprint density at radius 2 is 1.21 bits per heavy atom. The van der Waals surface area contributed by atoms with Gasteiger partial charge >= 0.3 is 11.4 Å². The fourth-order valence-electron chi connectivity index (χ4n) is 10.2. The number of nitrogens with zero attached hydrogens (tertiary/aromatic N) is 13. The summed E-state index contributed by atoms with van der Waals surface area (Å²) in [5.74, 6) is -0.455. The quantitative estimate of drug-likeness (QED) is 0.0627. The van der Waals surface area contributed by atoms with E-state index in [1.165, 1.54) is 39.5 Å². The number of carbonyl (C=O) groups excluding carboxylic acids is 1. The minimum atomic E-state index is -0.823. The summed E-state index contributed by atoms with van der Waals surface area (Å²) in [6.07, 6.45) is 8.73. The summed E-state index contributed by atoms with van der Waals surface area (Å²) in [7, 11) is 7.98. The second-order valence-corrected chi connectivity index (χ2v) is 22.2. The first-order chi connectivity index (χ1) is 38.5. The number of aromatic nitrogens is 10. The highest BCUT2D eigenvalue weighted by Gasteiger charge is 2.40. The third kappa shape index (κ3) is 11.1. The molecule has 0 bridgehead atoms. The topological polar surface area (TPSA) is 221 Å². The lowest BCUT2D eigenvalue weighted by Gasteiger charge is -2.40. The van der Waals surface area contributed by atoms with Crippen molar-refractivity contribution in [3.8, 4) is 22.6 Å². The lowest BCUT2D eigenvalue weighted by atomic mass is 10.1. The molecule has 418 valence electrons. The molecule has 80 heavy (non-hydrogen) atoms. The van der Waals surface area contributed by atoms with Crippen LogP contribution in [0.3, 0.4) is 0 Å². The van der Waals surface area contributed by atoms with E-state index < -0.39 is 39.5 Å². The molecule has 4 aliphatic carbocycles. The van der Waals surface area contributed by atoms with Crippen LogP contribution in [-0.2, 0) is 4.79 Å². The zero-order valence-electron chi connectivity index (χ0n) is 45.2. The number of rotatable bonds is 17. The molecule has 4 saturated carbocycles. The van der Waals surface area contributed by atoms with Crippen molar-refractivity contribution in [2.24, 2.45) is 0 Å². The predicted octanol–water partition coefficient (Wildman–Crippen LogP) is 6.85. The molecule has 1 aliphatic heterocycles. The van der Waals surface area contributed by atoms with Crippen LogP contribution in [0.5, 0.6) is 0 Å². The number of H-pyrrole nitrogens is 1. The number of piperazine rings is 1. The molecule has 0 unspecified atom stereocenters. The van der Waals surface area contributed by atoms with Crippen molar-refractivity contribution in [1.29, 1.82) is 0 Å². The summed E-state index contributed by atoms with van der Waals surface area (Å²) in [6, 6.07) is 7.92. The van der Waals surface area contributed by atoms with Crippen LogP contribution in [0.15, 0.2) is 63.4 Å². The van der Waals surface area contributed by atoms with E-state index >= 15 is 8.78 Å². The zero-order chi connectivity index (χ0) is 56.3. The molecule has 0 radical (unpaired) electrons. The smallest absolute Gasteiger partial charge is 0.353 e. The van der Waals surface area contributed by atoms with Gasteiger partial charge in [-0.1, -0.05) is 30.3 Å². The summed E-state index contributed by atoms with van der Waals surface area (Å²) in [5.41, 5.74) is 1.99. The first-order valence-electron chi connectivity index (χ1n) is 27.2. The van der Waals surface area contributed by atoms with Crippen LogP contribution in [0.1, 0.15) is 105 Å². The maximum atomic E-state index is 16.1.